The fraction of sp³-hybridized carbons (Fsp3) is 0.100. The van der Waals surface area contributed by atoms with Crippen molar-refractivity contribution in [1.82, 2.24) is 9.97 Å². The molecule has 1 heterocycles. The van der Waals surface area contributed by atoms with Crippen LogP contribution in [0.1, 0.15) is 16.8 Å². The Balaban J connectivity index is 1.55. The summed E-state index contributed by atoms with van der Waals surface area (Å²) >= 11 is 1.37. The van der Waals surface area contributed by atoms with E-state index < -0.39 is 11.9 Å². The van der Waals surface area contributed by atoms with Crippen LogP contribution in [0, 0.1) is 0 Å². The molecule has 30 heavy (non-hydrogen) atoms. The predicted molar refractivity (Wildman–Crippen MR) is 111 cm³/mol. The van der Waals surface area contributed by atoms with E-state index in [0.717, 1.165) is 17.8 Å². The lowest BCUT2D eigenvalue weighted by Crippen LogP contribution is -2.08. The van der Waals surface area contributed by atoms with Gasteiger partial charge in [-0.25, -0.2) is 4.98 Å². The highest BCUT2D eigenvalue weighted by Gasteiger charge is 2.33. The van der Waals surface area contributed by atoms with Crippen LogP contribution in [0.15, 0.2) is 77.1 Å². The molecule has 0 atom stereocenters. The molecule has 2 N–H and O–H groups in total. The lowest BCUT2D eigenvalue weighted by molar-refractivity contribution is -0.141. The Kier molecular flexibility index (Phi) is 7.02. The highest BCUT2D eigenvalue weighted by atomic mass is 32.2. The van der Waals surface area contributed by atoms with E-state index in [1.165, 1.54) is 18.0 Å². The summed E-state index contributed by atoms with van der Waals surface area (Å²) in [6.45, 7) is 0. The monoisotopic (exact) mass is 431 g/mol. The van der Waals surface area contributed by atoms with Crippen LogP contribution in [0.5, 0.6) is 11.8 Å². The summed E-state index contributed by atoms with van der Waals surface area (Å²) in [6.07, 6.45) is -2.08. The number of thioether (sulfide) groups is 1. The van der Waals surface area contributed by atoms with Crippen LogP contribution in [-0.4, -0.2) is 21.4 Å². The van der Waals surface area contributed by atoms with Crippen LogP contribution in [0.25, 0.3) is 0 Å². The SMILES string of the molecule is NC(=NN=Cc1ccc(Oc2nccc(C(F)(F)F)n2)cc1)SCc1ccccc1. The normalized spacial score (nSPS) is 12.3. The number of hydrogen-bond donors (Lipinski definition) is 1. The Bertz CT molecular complexity index is 1020. The van der Waals surface area contributed by atoms with Crippen molar-refractivity contribution in [2.45, 2.75) is 11.9 Å². The van der Waals surface area contributed by atoms with Crippen LogP contribution < -0.4 is 10.5 Å². The molecule has 0 aliphatic heterocycles. The number of hydrogen-bond acceptors (Lipinski definition) is 6. The summed E-state index contributed by atoms with van der Waals surface area (Å²) in [5, 5.41) is 8.19. The van der Waals surface area contributed by atoms with E-state index in [4.69, 9.17) is 10.5 Å². The van der Waals surface area contributed by atoms with Gasteiger partial charge in [0.15, 0.2) is 10.9 Å². The molecule has 0 radical (unpaired) electrons. The third kappa shape index (κ3) is 6.59. The highest BCUT2D eigenvalue weighted by Crippen LogP contribution is 2.28. The zero-order valence-corrected chi connectivity index (χ0v) is 16.3. The van der Waals surface area contributed by atoms with E-state index >= 15 is 0 Å². The van der Waals surface area contributed by atoms with E-state index in [1.54, 1.807) is 24.3 Å². The van der Waals surface area contributed by atoms with Crippen LogP contribution >= 0.6 is 11.8 Å². The summed E-state index contributed by atoms with van der Waals surface area (Å²) in [7, 11) is 0. The van der Waals surface area contributed by atoms with Crippen molar-refractivity contribution in [3.63, 3.8) is 0 Å². The molecule has 3 aromatic rings. The molecule has 1 aromatic heterocycles. The Morgan fingerprint density at radius 1 is 1.07 bits per heavy atom. The van der Waals surface area contributed by atoms with Gasteiger partial charge in [-0.3, -0.25) is 0 Å². The van der Waals surface area contributed by atoms with Gasteiger partial charge in [0, 0.05) is 11.9 Å². The molecule has 3 rings (SSSR count). The first-order chi connectivity index (χ1) is 14.4. The lowest BCUT2D eigenvalue weighted by Gasteiger charge is -2.07. The van der Waals surface area contributed by atoms with Gasteiger partial charge in [0.05, 0.1) is 6.21 Å². The van der Waals surface area contributed by atoms with Crippen LogP contribution in [0.2, 0.25) is 0 Å². The minimum atomic E-state index is -4.57. The summed E-state index contributed by atoms with van der Waals surface area (Å²) in [6, 6.07) is 16.7. The second-order valence-electron chi connectivity index (χ2n) is 5.85. The average molecular weight is 431 g/mol. The van der Waals surface area contributed by atoms with E-state index in [1.807, 2.05) is 30.3 Å². The van der Waals surface area contributed by atoms with Gasteiger partial charge >= 0.3 is 12.2 Å². The number of amidine groups is 1. The molecule has 0 amide bonds. The van der Waals surface area contributed by atoms with E-state index in [0.29, 0.717) is 16.5 Å². The summed E-state index contributed by atoms with van der Waals surface area (Å²) in [4.78, 5) is 7.04. The molecular formula is C20H16F3N5OS. The van der Waals surface area contributed by atoms with Gasteiger partial charge in [-0.05, 0) is 41.5 Å². The topological polar surface area (TPSA) is 85.8 Å². The third-order valence-electron chi connectivity index (χ3n) is 3.61. The molecule has 2 aromatic carbocycles. The smallest absolute Gasteiger partial charge is 0.424 e. The molecule has 6 nitrogen and oxygen atoms in total. The zero-order chi connectivity index (χ0) is 21.4. The first-order valence-electron chi connectivity index (χ1n) is 8.61. The van der Waals surface area contributed by atoms with Gasteiger partial charge in [0.1, 0.15) is 5.75 Å². The molecule has 10 heteroatoms. The fourth-order valence-corrected chi connectivity index (χ4v) is 2.80. The molecule has 0 unspecified atom stereocenters. The second kappa shape index (κ2) is 9.88. The van der Waals surface area contributed by atoms with Gasteiger partial charge < -0.3 is 10.5 Å². The maximum absolute atomic E-state index is 12.7. The standard InChI is InChI=1S/C20H16F3N5OS/c21-20(22,23)17-10-11-25-19(27-17)29-16-8-6-14(7-9-16)12-26-28-18(24)30-13-15-4-2-1-3-5-15/h1-12H,13H2,(H2,24,28). The quantitative estimate of drug-likeness (QED) is 0.342. The summed E-state index contributed by atoms with van der Waals surface area (Å²) in [5.74, 6) is 0.975. The largest absolute Gasteiger partial charge is 0.433 e. The molecule has 154 valence electrons. The molecular weight excluding hydrogens is 415 g/mol. The predicted octanol–water partition coefficient (Wildman–Crippen LogP) is 4.87. The Hall–Kier alpha value is -3.40. The number of ether oxygens (including phenoxy) is 1. The van der Waals surface area contributed by atoms with Crippen molar-refractivity contribution in [3.05, 3.63) is 83.7 Å². The van der Waals surface area contributed by atoms with Crippen molar-refractivity contribution >= 4 is 23.1 Å². The number of nitrogens with two attached hydrogens (primary N) is 1. The molecule has 0 saturated carbocycles. The van der Waals surface area contributed by atoms with Crippen LogP contribution in [-0.2, 0) is 11.9 Å². The maximum atomic E-state index is 12.7. The first kappa shape index (κ1) is 21.3. The Labute approximate surface area is 174 Å². The van der Waals surface area contributed by atoms with Crippen molar-refractivity contribution in [1.29, 1.82) is 0 Å². The molecule has 0 spiro atoms. The van der Waals surface area contributed by atoms with Gasteiger partial charge in [-0.1, -0.05) is 42.1 Å². The number of benzene rings is 2. The number of rotatable bonds is 6. The van der Waals surface area contributed by atoms with Gasteiger partial charge in [-0.2, -0.15) is 23.3 Å². The number of halogens is 3. The minimum Gasteiger partial charge on any atom is -0.424 e. The lowest BCUT2D eigenvalue weighted by atomic mass is 10.2. The Morgan fingerprint density at radius 3 is 2.50 bits per heavy atom. The van der Waals surface area contributed by atoms with Crippen molar-refractivity contribution < 1.29 is 17.9 Å². The second-order valence-corrected chi connectivity index (χ2v) is 6.85. The van der Waals surface area contributed by atoms with Crippen molar-refractivity contribution in [2.24, 2.45) is 15.9 Å². The molecule has 0 saturated heterocycles. The highest BCUT2D eigenvalue weighted by molar-refractivity contribution is 8.13. The van der Waals surface area contributed by atoms with E-state index in [2.05, 4.69) is 20.2 Å². The maximum Gasteiger partial charge on any atom is 0.433 e. The molecule has 0 aliphatic rings. The molecule has 0 fully saturated rings. The average Bonchev–Trinajstić information content (AvgIpc) is 2.74. The van der Waals surface area contributed by atoms with Gasteiger partial charge in [0.2, 0.25) is 0 Å². The van der Waals surface area contributed by atoms with Crippen LogP contribution in [0.4, 0.5) is 13.2 Å². The molecule has 0 aliphatic carbocycles. The number of aromatic nitrogens is 2. The number of nitrogens with zero attached hydrogens (tertiary/aromatic N) is 4. The van der Waals surface area contributed by atoms with Crippen molar-refractivity contribution in [3.8, 4) is 11.8 Å². The summed E-state index contributed by atoms with van der Waals surface area (Å²) < 4.78 is 43.3. The summed E-state index contributed by atoms with van der Waals surface area (Å²) in [5.41, 5.74) is 6.59. The minimum absolute atomic E-state index is 0.285. The van der Waals surface area contributed by atoms with Crippen molar-refractivity contribution in [2.75, 3.05) is 0 Å². The van der Waals surface area contributed by atoms with Gasteiger partial charge in [-0.15, -0.1) is 5.10 Å². The van der Waals surface area contributed by atoms with E-state index in [-0.39, 0.29) is 11.8 Å². The van der Waals surface area contributed by atoms with E-state index in [9.17, 15) is 13.2 Å². The Morgan fingerprint density at radius 2 is 1.80 bits per heavy atom. The fourth-order valence-electron chi connectivity index (χ4n) is 2.19. The number of alkyl halides is 3. The van der Waals surface area contributed by atoms with Gasteiger partial charge in [0.25, 0.3) is 0 Å². The first-order valence-corrected chi connectivity index (χ1v) is 9.60. The zero-order valence-electron chi connectivity index (χ0n) is 15.5. The molecule has 0 bridgehead atoms. The third-order valence-corrected chi connectivity index (χ3v) is 4.46. The van der Waals surface area contributed by atoms with Crippen LogP contribution in [0.3, 0.4) is 0 Å².